The number of aliphatic hydroxyl groups is 5. The topological polar surface area (TPSA) is 127 Å². The van der Waals surface area contributed by atoms with Crippen LogP contribution in [0.2, 0.25) is 0 Å². The Hall–Kier alpha value is -0.730. The molecule has 5 N–H and O–H groups in total. The second-order valence-electron chi connectivity index (χ2n) is 11.6. The van der Waals surface area contributed by atoms with Gasteiger partial charge in [0.15, 0.2) is 0 Å². The molecular formula is C23H38O7. The molecule has 10 atom stereocenters. The van der Waals surface area contributed by atoms with Crippen LogP contribution in [0.5, 0.6) is 0 Å². The van der Waals surface area contributed by atoms with E-state index >= 15 is 0 Å². The monoisotopic (exact) mass is 426 g/mol. The maximum Gasteiger partial charge on any atom is 0.305 e. The predicted octanol–water partition coefficient (Wildman–Crippen LogP) is 1.13. The highest BCUT2D eigenvalue weighted by Gasteiger charge is 2.77. The van der Waals surface area contributed by atoms with Gasteiger partial charge in [0.2, 0.25) is 0 Å². The van der Waals surface area contributed by atoms with Gasteiger partial charge >= 0.3 is 5.97 Å². The lowest BCUT2D eigenvalue weighted by Crippen LogP contribution is -2.60. The highest BCUT2D eigenvalue weighted by atomic mass is 16.5. The van der Waals surface area contributed by atoms with Crippen molar-refractivity contribution in [1.29, 1.82) is 0 Å². The first-order valence-corrected chi connectivity index (χ1v) is 11.4. The predicted molar refractivity (Wildman–Crippen MR) is 108 cm³/mol. The number of aliphatic hydroxyl groups excluding tert-OH is 2. The van der Waals surface area contributed by atoms with Crippen molar-refractivity contribution in [2.24, 2.45) is 28.6 Å². The Morgan fingerprint density at radius 3 is 2.23 bits per heavy atom. The molecule has 4 aliphatic rings. The van der Waals surface area contributed by atoms with Crippen molar-refractivity contribution < 1.29 is 35.1 Å². The summed E-state index contributed by atoms with van der Waals surface area (Å²) in [7, 11) is 0. The molecule has 4 fully saturated rings. The zero-order valence-corrected chi connectivity index (χ0v) is 18.8. The number of hydrogen-bond donors (Lipinski definition) is 5. The first kappa shape index (κ1) is 22.5. The first-order chi connectivity index (χ1) is 13.7. The average Bonchev–Trinajstić information content (AvgIpc) is 2.87. The van der Waals surface area contributed by atoms with Crippen LogP contribution in [0.15, 0.2) is 0 Å². The number of fused-ring (bicyclic) bond motifs is 2. The van der Waals surface area contributed by atoms with E-state index in [1.54, 1.807) is 34.6 Å². The summed E-state index contributed by atoms with van der Waals surface area (Å²) in [5.74, 6) is -1.77. The maximum atomic E-state index is 12.3. The summed E-state index contributed by atoms with van der Waals surface area (Å²) >= 11 is 0. The average molecular weight is 427 g/mol. The molecule has 7 nitrogen and oxygen atoms in total. The molecule has 1 spiro atoms. The standard InChI is InChI=1S/C23H38O7/c1-6-17(26)30-18-12-7-8-13-21(5,28)14-9-15(24)19(2,3)23(14,29)16(25)10-22(13,18)11-20(12,4)27/h12-16,18,24-25,27-29H,6-11H2,1-5H3/t12?,13?,14?,15?,16?,18-,20-,21-,22+,23?/m1/s1. The van der Waals surface area contributed by atoms with Crippen LogP contribution in [0.25, 0.3) is 0 Å². The summed E-state index contributed by atoms with van der Waals surface area (Å²) < 4.78 is 5.90. The van der Waals surface area contributed by atoms with Crippen molar-refractivity contribution in [2.45, 2.75) is 108 Å². The quantitative estimate of drug-likeness (QED) is 0.419. The van der Waals surface area contributed by atoms with Gasteiger partial charge in [-0.3, -0.25) is 4.79 Å². The third kappa shape index (κ3) is 2.53. The molecule has 0 amide bonds. The van der Waals surface area contributed by atoms with Crippen molar-refractivity contribution in [3.8, 4) is 0 Å². The molecule has 0 aliphatic heterocycles. The zero-order chi connectivity index (χ0) is 22.5. The van der Waals surface area contributed by atoms with Gasteiger partial charge in [-0.1, -0.05) is 20.8 Å². The Balaban J connectivity index is 1.88. The van der Waals surface area contributed by atoms with Crippen LogP contribution < -0.4 is 0 Å². The van der Waals surface area contributed by atoms with Crippen LogP contribution in [0.1, 0.15) is 73.1 Å². The van der Waals surface area contributed by atoms with E-state index in [2.05, 4.69) is 0 Å². The summed E-state index contributed by atoms with van der Waals surface area (Å²) in [5, 5.41) is 57.2. The summed E-state index contributed by atoms with van der Waals surface area (Å²) in [6, 6.07) is 0. The van der Waals surface area contributed by atoms with Gasteiger partial charge in [-0.05, 0) is 51.9 Å². The molecule has 0 aromatic rings. The Bertz CT molecular complexity index is 731. The lowest BCUT2D eigenvalue weighted by Gasteiger charge is -2.52. The molecule has 30 heavy (non-hydrogen) atoms. The fourth-order valence-electron chi connectivity index (χ4n) is 8.19. The summed E-state index contributed by atoms with van der Waals surface area (Å²) in [6.45, 7) is 8.61. The smallest absolute Gasteiger partial charge is 0.305 e. The van der Waals surface area contributed by atoms with E-state index in [0.717, 1.165) is 0 Å². The Morgan fingerprint density at radius 1 is 1.00 bits per heavy atom. The Kier molecular flexibility index (Phi) is 4.80. The van der Waals surface area contributed by atoms with Gasteiger partial charge in [0.1, 0.15) is 11.7 Å². The van der Waals surface area contributed by atoms with Gasteiger partial charge in [-0.15, -0.1) is 0 Å². The number of carbonyl (C=O) groups excluding carboxylic acids is 1. The van der Waals surface area contributed by atoms with E-state index in [9.17, 15) is 30.3 Å². The van der Waals surface area contributed by atoms with Crippen LogP contribution in [0, 0.1) is 28.6 Å². The van der Waals surface area contributed by atoms with E-state index in [0.29, 0.717) is 12.8 Å². The van der Waals surface area contributed by atoms with Crippen molar-refractivity contribution >= 4 is 5.97 Å². The summed E-state index contributed by atoms with van der Waals surface area (Å²) in [4.78, 5) is 12.3. The van der Waals surface area contributed by atoms with E-state index < -0.39 is 51.9 Å². The summed E-state index contributed by atoms with van der Waals surface area (Å²) in [5.41, 5.74) is -6.09. The van der Waals surface area contributed by atoms with Crippen LogP contribution in [0.3, 0.4) is 0 Å². The highest BCUT2D eigenvalue weighted by Crippen LogP contribution is 2.70. The number of carbonyl (C=O) groups is 1. The molecule has 4 rings (SSSR count). The molecule has 7 heteroatoms. The molecule has 2 bridgehead atoms. The molecule has 0 heterocycles. The SMILES string of the molecule is CCC(=O)O[C@@H]1C2CCC3[C@@](C)(O)C4CC(O)C(C)(C)C4(O)C(O)C[C@]31C[C@@]2(C)O. The minimum atomic E-state index is -1.70. The van der Waals surface area contributed by atoms with E-state index in [-0.39, 0.29) is 43.5 Å². The highest BCUT2D eigenvalue weighted by molar-refractivity contribution is 5.69. The summed E-state index contributed by atoms with van der Waals surface area (Å²) in [6.07, 6.45) is -0.762. The minimum Gasteiger partial charge on any atom is -0.461 e. The molecule has 4 saturated carbocycles. The molecule has 0 radical (unpaired) electrons. The second kappa shape index (κ2) is 6.41. The molecular weight excluding hydrogens is 388 g/mol. The largest absolute Gasteiger partial charge is 0.461 e. The Morgan fingerprint density at radius 2 is 1.63 bits per heavy atom. The molecule has 0 aromatic carbocycles. The fourth-order valence-corrected chi connectivity index (χ4v) is 8.19. The molecule has 6 unspecified atom stereocenters. The van der Waals surface area contributed by atoms with Crippen LogP contribution in [-0.2, 0) is 9.53 Å². The third-order valence-corrected chi connectivity index (χ3v) is 9.77. The number of esters is 1. The van der Waals surface area contributed by atoms with E-state index in [1.165, 1.54) is 0 Å². The molecule has 172 valence electrons. The zero-order valence-electron chi connectivity index (χ0n) is 18.8. The lowest BCUT2D eigenvalue weighted by molar-refractivity contribution is -0.202. The van der Waals surface area contributed by atoms with Gasteiger partial charge in [0, 0.05) is 29.1 Å². The van der Waals surface area contributed by atoms with Crippen molar-refractivity contribution in [3.63, 3.8) is 0 Å². The fraction of sp³-hybridized carbons (Fsp3) is 0.957. The normalized spacial score (nSPS) is 56.7. The van der Waals surface area contributed by atoms with Gasteiger partial charge in [0.05, 0.1) is 23.4 Å². The van der Waals surface area contributed by atoms with Gasteiger partial charge in [-0.2, -0.15) is 0 Å². The van der Waals surface area contributed by atoms with Gasteiger partial charge < -0.3 is 30.3 Å². The van der Waals surface area contributed by atoms with Crippen molar-refractivity contribution in [3.05, 3.63) is 0 Å². The number of ether oxygens (including phenoxy) is 1. The van der Waals surface area contributed by atoms with Crippen LogP contribution in [0.4, 0.5) is 0 Å². The Labute approximate surface area is 178 Å². The maximum absolute atomic E-state index is 12.3. The minimum absolute atomic E-state index is 0.102. The number of hydrogen-bond acceptors (Lipinski definition) is 7. The molecule has 0 aromatic heterocycles. The van der Waals surface area contributed by atoms with Crippen LogP contribution in [-0.4, -0.2) is 66.6 Å². The molecule has 4 aliphatic carbocycles. The molecule has 0 saturated heterocycles. The van der Waals surface area contributed by atoms with Gasteiger partial charge in [-0.25, -0.2) is 0 Å². The second-order valence-corrected chi connectivity index (χ2v) is 11.6. The first-order valence-electron chi connectivity index (χ1n) is 11.4. The van der Waals surface area contributed by atoms with Crippen LogP contribution >= 0.6 is 0 Å². The van der Waals surface area contributed by atoms with Gasteiger partial charge in [0.25, 0.3) is 0 Å². The van der Waals surface area contributed by atoms with Crippen molar-refractivity contribution in [1.82, 2.24) is 0 Å². The van der Waals surface area contributed by atoms with Crippen molar-refractivity contribution in [2.75, 3.05) is 0 Å². The van der Waals surface area contributed by atoms with E-state index in [1.807, 2.05) is 0 Å². The van der Waals surface area contributed by atoms with E-state index in [4.69, 9.17) is 4.74 Å². The lowest BCUT2D eigenvalue weighted by atomic mass is 9.57. The third-order valence-electron chi connectivity index (χ3n) is 9.77. The number of rotatable bonds is 2.